The van der Waals surface area contributed by atoms with Gasteiger partial charge in [0.2, 0.25) is 0 Å². The first-order chi connectivity index (χ1) is 9.00. The third-order valence-electron chi connectivity index (χ3n) is 4.03. The van der Waals surface area contributed by atoms with Crippen LogP contribution < -0.4 is 5.73 Å². The van der Waals surface area contributed by atoms with E-state index in [0.29, 0.717) is 16.5 Å². The lowest BCUT2D eigenvalue weighted by Gasteiger charge is -2.38. The molecule has 102 valence electrons. The van der Waals surface area contributed by atoms with E-state index in [4.69, 9.17) is 18.0 Å². The number of piperidine rings is 1. The number of nitrogens with zero attached hydrogens (tertiary/aromatic N) is 1. The molecule has 1 heterocycles. The third kappa shape index (κ3) is 2.95. The Bertz CT molecular complexity index is 501. The third-order valence-corrected chi connectivity index (χ3v) is 4.26. The molecule has 19 heavy (non-hydrogen) atoms. The maximum Gasteiger partial charge on any atom is 0.254 e. The Labute approximate surface area is 119 Å². The number of likely N-dealkylation sites (tertiary alicyclic amines) is 1. The SMILES string of the molecule is CC1CCCN(C(=O)c2cccc(C(N)=S)c2)C1C. The molecule has 0 aromatic heterocycles. The molecule has 4 heteroatoms. The van der Waals surface area contributed by atoms with Crippen molar-refractivity contribution < 1.29 is 4.79 Å². The molecular formula is C15H20N2OS. The Balaban J connectivity index is 2.23. The second kappa shape index (κ2) is 5.70. The number of benzene rings is 1. The number of rotatable bonds is 2. The van der Waals surface area contributed by atoms with Crippen LogP contribution in [0.15, 0.2) is 24.3 Å². The van der Waals surface area contributed by atoms with E-state index >= 15 is 0 Å². The van der Waals surface area contributed by atoms with Crippen LogP contribution in [-0.2, 0) is 0 Å². The van der Waals surface area contributed by atoms with Crippen molar-refractivity contribution in [1.82, 2.24) is 4.90 Å². The van der Waals surface area contributed by atoms with Crippen molar-refractivity contribution >= 4 is 23.1 Å². The minimum atomic E-state index is 0.0807. The van der Waals surface area contributed by atoms with E-state index in [1.54, 1.807) is 6.07 Å². The van der Waals surface area contributed by atoms with Crippen LogP contribution >= 0.6 is 12.2 Å². The topological polar surface area (TPSA) is 46.3 Å². The van der Waals surface area contributed by atoms with Gasteiger partial charge in [-0.05, 0) is 37.8 Å². The summed E-state index contributed by atoms with van der Waals surface area (Å²) in [7, 11) is 0. The van der Waals surface area contributed by atoms with Crippen molar-refractivity contribution in [2.75, 3.05) is 6.54 Å². The fourth-order valence-electron chi connectivity index (χ4n) is 2.59. The van der Waals surface area contributed by atoms with Crippen molar-refractivity contribution in [3.8, 4) is 0 Å². The van der Waals surface area contributed by atoms with Gasteiger partial charge in [0.25, 0.3) is 5.91 Å². The maximum atomic E-state index is 12.6. The Kier molecular flexibility index (Phi) is 4.20. The summed E-state index contributed by atoms with van der Waals surface area (Å²) in [4.78, 5) is 14.9. The fourth-order valence-corrected chi connectivity index (χ4v) is 2.72. The zero-order valence-electron chi connectivity index (χ0n) is 11.4. The molecule has 3 nitrogen and oxygen atoms in total. The second-order valence-corrected chi connectivity index (χ2v) is 5.74. The summed E-state index contributed by atoms with van der Waals surface area (Å²) in [6.07, 6.45) is 2.27. The van der Waals surface area contributed by atoms with Crippen molar-refractivity contribution in [1.29, 1.82) is 0 Å². The summed E-state index contributed by atoms with van der Waals surface area (Å²) in [5.41, 5.74) is 7.04. The number of thiocarbonyl (C=S) groups is 1. The molecular weight excluding hydrogens is 256 g/mol. The molecule has 1 amide bonds. The summed E-state index contributed by atoms with van der Waals surface area (Å²) in [6, 6.07) is 7.57. The van der Waals surface area contributed by atoms with Crippen molar-refractivity contribution in [3.63, 3.8) is 0 Å². The average molecular weight is 276 g/mol. The van der Waals surface area contributed by atoms with Crippen molar-refractivity contribution in [2.45, 2.75) is 32.7 Å². The first-order valence-corrected chi connectivity index (χ1v) is 7.12. The van der Waals surface area contributed by atoms with Gasteiger partial charge in [-0.1, -0.05) is 31.3 Å². The van der Waals surface area contributed by atoms with Crippen LogP contribution in [0.5, 0.6) is 0 Å². The number of nitrogens with two attached hydrogens (primary N) is 1. The molecule has 1 aromatic carbocycles. The molecule has 1 saturated heterocycles. The van der Waals surface area contributed by atoms with Gasteiger partial charge in [-0.25, -0.2) is 0 Å². The molecule has 1 fully saturated rings. The van der Waals surface area contributed by atoms with Gasteiger partial charge in [0.1, 0.15) is 4.99 Å². The van der Waals surface area contributed by atoms with Crippen LogP contribution in [0.3, 0.4) is 0 Å². The van der Waals surface area contributed by atoms with E-state index < -0.39 is 0 Å². The van der Waals surface area contributed by atoms with E-state index in [0.717, 1.165) is 18.5 Å². The zero-order chi connectivity index (χ0) is 14.0. The van der Waals surface area contributed by atoms with E-state index in [1.165, 1.54) is 6.42 Å². The lowest BCUT2D eigenvalue weighted by atomic mass is 9.91. The van der Waals surface area contributed by atoms with Crippen LogP contribution in [0.25, 0.3) is 0 Å². The molecule has 2 atom stereocenters. The first kappa shape index (κ1) is 14.0. The Morgan fingerprint density at radius 2 is 2.05 bits per heavy atom. The average Bonchev–Trinajstić information content (AvgIpc) is 2.41. The van der Waals surface area contributed by atoms with E-state index in [9.17, 15) is 4.79 Å². The first-order valence-electron chi connectivity index (χ1n) is 6.71. The van der Waals surface area contributed by atoms with Crippen LogP contribution in [0.2, 0.25) is 0 Å². The largest absolute Gasteiger partial charge is 0.389 e. The van der Waals surface area contributed by atoms with Crippen LogP contribution in [0, 0.1) is 5.92 Å². The molecule has 0 saturated carbocycles. The highest BCUT2D eigenvalue weighted by molar-refractivity contribution is 7.80. The smallest absolute Gasteiger partial charge is 0.254 e. The summed E-state index contributed by atoms with van der Waals surface area (Å²) in [5.74, 6) is 0.633. The fraction of sp³-hybridized carbons (Fsp3) is 0.467. The predicted molar refractivity (Wildman–Crippen MR) is 81.2 cm³/mol. The van der Waals surface area contributed by atoms with E-state index in [2.05, 4.69) is 13.8 Å². The monoisotopic (exact) mass is 276 g/mol. The highest BCUT2D eigenvalue weighted by atomic mass is 32.1. The van der Waals surface area contributed by atoms with Gasteiger partial charge >= 0.3 is 0 Å². The Hall–Kier alpha value is -1.42. The number of hydrogen-bond acceptors (Lipinski definition) is 2. The lowest BCUT2D eigenvalue weighted by Crippen LogP contribution is -2.46. The van der Waals surface area contributed by atoms with E-state index in [1.807, 2.05) is 23.1 Å². The minimum Gasteiger partial charge on any atom is -0.389 e. The number of hydrogen-bond donors (Lipinski definition) is 1. The van der Waals surface area contributed by atoms with Crippen molar-refractivity contribution in [2.24, 2.45) is 11.7 Å². The number of amides is 1. The molecule has 0 spiro atoms. The quantitative estimate of drug-likeness (QED) is 0.845. The Morgan fingerprint density at radius 3 is 2.74 bits per heavy atom. The molecule has 0 radical (unpaired) electrons. The number of carbonyl (C=O) groups is 1. The molecule has 0 bridgehead atoms. The Morgan fingerprint density at radius 1 is 1.37 bits per heavy atom. The van der Waals surface area contributed by atoms with Crippen LogP contribution in [-0.4, -0.2) is 28.4 Å². The maximum absolute atomic E-state index is 12.6. The standard InChI is InChI=1S/C15H20N2OS/c1-10-5-4-8-17(11(10)2)15(18)13-7-3-6-12(9-13)14(16)19/h3,6-7,9-11H,4-5,8H2,1-2H3,(H2,16,19). The molecule has 1 aliphatic rings. The highest BCUT2D eigenvalue weighted by Crippen LogP contribution is 2.24. The predicted octanol–water partition coefficient (Wildman–Crippen LogP) is 2.58. The zero-order valence-corrected chi connectivity index (χ0v) is 12.2. The molecule has 1 aliphatic heterocycles. The summed E-state index contributed by atoms with van der Waals surface area (Å²) < 4.78 is 0. The summed E-state index contributed by atoms with van der Waals surface area (Å²) in [6.45, 7) is 5.16. The molecule has 2 N–H and O–H groups in total. The van der Waals surface area contributed by atoms with Gasteiger partial charge in [0.05, 0.1) is 0 Å². The minimum absolute atomic E-state index is 0.0807. The molecule has 2 unspecified atom stereocenters. The van der Waals surface area contributed by atoms with Gasteiger partial charge in [-0.15, -0.1) is 0 Å². The van der Waals surface area contributed by atoms with Crippen molar-refractivity contribution in [3.05, 3.63) is 35.4 Å². The van der Waals surface area contributed by atoms with Crippen LogP contribution in [0.1, 0.15) is 42.6 Å². The van der Waals surface area contributed by atoms with Gasteiger partial charge in [0.15, 0.2) is 0 Å². The van der Waals surface area contributed by atoms with Gasteiger partial charge in [-0.3, -0.25) is 4.79 Å². The lowest BCUT2D eigenvalue weighted by molar-refractivity contribution is 0.0551. The summed E-state index contributed by atoms with van der Waals surface area (Å²) in [5, 5.41) is 0. The molecule has 2 rings (SSSR count). The van der Waals surface area contributed by atoms with Gasteiger partial charge < -0.3 is 10.6 Å². The van der Waals surface area contributed by atoms with Crippen LogP contribution in [0.4, 0.5) is 0 Å². The number of carbonyl (C=O) groups excluding carboxylic acids is 1. The molecule has 0 aliphatic carbocycles. The highest BCUT2D eigenvalue weighted by Gasteiger charge is 2.28. The second-order valence-electron chi connectivity index (χ2n) is 5.30. The normalized spacial score (nSPS) is 23.2. The van der Waals surface area contributed by atoms with E-state index in [-0.39, 0.29) is 11.9 Å². The van der Waals surface area contributed by atoms with Gasteiger partial charge in [0, 0.05) is 23.7 Å². The summed E-state index contributed by atoms with van der Waals surface area (Å²) >= 11 is 4.96. The molecule has 1 aromatic rings. The van der Waals surface area contributed by atoms with Gasteiger partial charge in [-0.2, -0.15) is 0 Å².